The number of benzene rings is 1. The van der Waals surface area contributed by atoms with Gasteiger partial charge in [0.25, 0.3) is 0 Å². The molecule has 0 aliphatic carbocycles. The van der Waals surface area contributed by atoms with E-state index >= 15 is 0 Å². The first-order valence-electron chi connectivity index (χ1n) is 6.70. The van der Waals surface area contributed by atoms with E-state index in [4.69, 9.17) is 0 Å². The number of carbonyl (C=O) groups excluding carboxylic acids is 1. The average molecular weight is 296 g/mol. The zero-order valence-corrected chi connectivity index (χ0v) is 12.8. The fraction of sp³-hybridized carbons (Fsp3) is 0.500. The summed E-state index contributed by atoms with van der Waals surface area (Å²) < 4.78 is 25.7. The van der Waals surface area contributed by atoms with E-state index in [0.717, 1.165) is 11.3 Å². The van der Waals surface area contributed by atoms with Crippen LogP contribution in [-0.4, -0.2) is 32.7 Å². The minimum atomic E-state index is -3.28. The molecule has 1 heterocycles. The normalized spacial score (nSPS) is 19.6. The lowest BCUT2D eigenvalue weighted by atomic mass is 10.1. The molecule has 1 aliphatic rings. The van der Waals surface area contributed by atoms with E-state index < -0.39 is 10.0 Å². The summed E-state index contributed by atoms with van der Waals surface area (Å²) in [5.41, 5.74) is 3.12. The highest BCUT2D eigenvalue weighted by Crippen LogP contribution is 2.24. The Labute approximate surface area is 120 Å². The molecule has 0 saturated carbocycles. The van der Waals surface area contributed by atoms with E-state index in [9.17, 15) is 13.2 Å². The molecule has 1 aromatic rings. The van der Waals surface area contributed by atoms with Crippen molar-refractivity contribution in [3.05, 3.63) is 29.3 Å². The number of hydrogen-bond donors (Lipinski definition) is 1. The third-order valence-electron chi connectivity index (χ3n) is 3.65. The molecule has 1 atom stereocenters. The summed E-state index contributed by atoms with van der Waals surface area (Å²) in [7, 11) is -3.28. The first-order valence-corrected chi connectivity index (χ1v) is 8.35. The van der Waals surface area contributed by atoms with Crippen LogP contribution in [0.25, 0.3) is 0 Å². The second-order valence-corrected chi connectivity index (χ2v) is 7.24. The van der Waals surface area contributed by atoms with Gasteiger partial charge < -0.3 is 4.90 Å². The maximum Gasteiger partial charge on any atom is 0.228 e. The average Bonchev–Trinajstić information content (AvgIpc) is 2.73. The summed E-state index contributed by atoms with van der Waals surface area (Å²) in [6.45, 7) is 5.99. The van der Waals surface area contributed by atoms with E-state index in [2.05, 4.69) is 4.72 Å². The van der Waals surface area contributed by atoms with Crippen LogP contribution in [0.5, 0.6) is 0 Å². The Morgan fingerprint density at radius 3 is 2.60 bits per heavy atom. The van der Waals surface area contributed by atoms with Crippen LogP contribution in [0.3, 0.4) is 0 Å². The highest BCUT2D eigenvalue weighted by molar-refractivity contribution is 7.89. The summed E-state index contributed by atoms with van der Waals surface area (Å²) in [5, 5.41) is 0. The van der Waals surface area contributed by atoms with Crippen LogP contribution in [0.2, 0.25) is 0 Å². The molecule has 0 spiro atoms. The predicted octanol–water partition coefficient (Wildman–Crippen LogP) is 1.35. The molecule has 2 rings (SSSR count). The zero-order valence-electron chi connectivity index (χ0n) is 12.0. The number of nitrogens with zero attached hydrogens (tertiary/aromatic N) is 1. The van der Waals surface area contributed by atoms with E-state index in [1.807, 2.05) is 32.0 Å². The smallest absolute Gasteiger partial charge is 0.228 e. The molecule has 1 fully saturated rings. The molecule has 1 aliphatic heterocycles. The van der Waals surface area contributed by atoms with Gasteiger partial charge in [0.05, 0.1) is 5.75 Å². The molecule has 0 bridgehead atoms. The van der Waals surface area contributed by atoms with Crippen LogP contribution in [0.4, 0.5) is 5.69 Å². The number of anilines is 1. The van der Waals surface area contributed by atoms with E-state index in [1.165, 1.54) is 5.56 Å². The fourth-order valence-corrected chi connectivity index (χ4v) is 3.10. The number of rotatable bonds is 4. The van der Waals surface area contributed by atoms with Gasteiger partial charge >= 0.3 is 0 Å². The second-order valence-electron chi connectivity index (χ2n) is 5.20. The van der Waals surface area contributed by atoms with Crippen LogP contribution in [-0.2, 0) is 14.8 Å². The van der Waals surface area contributed by atoms with Crippen LogP contribution < -0.4 is 9.62 Å². The molecular formula is C14H20N2O3S. The molecule has 5 nitrogen and oxygen atoms in total. The Kier molecular flexibility index (Phi) is 4.15. The van der Waals surface area contributed by atoms with Gasteiger partial charge in [-0.15, -0.1) is 0 Å². The van der Waals surface area contributed by atoms with Crippen LogP contribution in [0.15, 0.2) is 18.2 Å². The Morgan fingerprint density at radius 1 is 1.30 bits per heavy atom. The number of sulfonamides is 1. The van der Waals surface area contributed by atoms with Gasteiger partial charge in [-0.2, -0.15) is 0 Å². The Balaban J connectivity index is 2.15. The summed E-state index contributed by atoms with van der Waals surface area (Å²) in [4.78, 5) is 13.7. The van der Waals surface area contributed by atoms with Crippen molar-refractivity contribution in [1.82, 2.24) is 4.72 Å². The van der Waals surface area contributed by atoms with Gasteiger partial charge in [0, 0.05) is 24.7 Å². The number of aryl methyl sites for hydroxylation is 2. The zero-order chi connectivity index (χ0) is 14.9. The summed E-state index contributed by atoms with van der Waals surface area (Å²) in [6, 6.07) is 5.50. The molecule has 1 aromatic carbocycles. The Hall–Kier alpha value is -1.40. The fourth-order valence-electron chi connectivity index (χ4n) is 2.27. The van der Waals surface area contributed by atoms with Crippen molar-refractivity contribution < 1.29 is 13.2 Å². The van der Waals surface area contributed by atoms with Crippen molar-refractivity contribution in [2.75, 3.05) is 17.2 Å². The molecule has 0 radical (unpaired) electrons. The third-order valence-corrected chi connectivity index (χ3v) is 5.11. The molecular weight excluding hydrogens is 276 g/mol. The standard InChI is InChI=1S/C14H20N2O3S/c1-4-20(18,19)15-12-8-14(17)16(9-12)13-6-5-10(2)11(3)7-13/h5-7,12,15H,4,8-9H2,1-3H3/t12-/m1/s1. The Morgan fingerprint density at radius 2 is 2.00 bits per heavy atom. The minimum absolute atomic E-state index is 0.0291. The van der Waals surface area contributed by atoms with Crippen molar-refractivity contribution in [3.63, 3.8) is 0 Å². The van der Waals surface area contributed by atoms with Gasteiger partial charge in [-0.05, 0) is 44.0 Å². The summed E-state index contributed by atoms with van der Waals surface area (Å²) in [6.07, 6.45) is 0.214. The van der Waals surface area contributed by atoms with Gasteiger partial charge in [-0.1, -0.05) is 6.07 Å². The van der Waals surface area contributed by atoms with E-state index in [0.29, 0.717) is 6.54 Å². The van der Waals surface area contributed by atoms with Gasteiger partial charge in [0.15, 0.2) is 0 Å². The minimum Gasteiger partial charge on any atom is -0.311 e. The number of carbonyl (C=O) groups is 1. The SMILES string of the molecule is CCS(=O)(=O)N[C@@H]1CC(=O)N(c2ccc(C)c(C)c2)C1. The molecule has 0 aromatic heterocycles. The van der Waals surface area contributed by atoms with Gasteiger partial charge in [-0.3, -0.25) is 4.79 Å². The van der Waals surface area contributed by atoms with Crippen LogP contribution in [0.1, 0.15) is 24.5 Å². The highest BCUT2D eigenvalue weighted by atomic mass is 32.2. The lowest BCUT2D eigenvalue weighted by molar-refractivity contribution is -0.117. The topological polar surface area (TPSA) is 66.5 Å². The maximum absolute atomic E-state index is 12.0. The van der Waals surface area contributed by atoms with Crippen LogP contribution >= 0.6 is 0 Å². The first kappa shape index (κ1) is 15.0. The molecule has 20 heavy (non-hydrogen) atoms. The Bertz CT molecular complexity index is 625. The lowest BCUT2D eigenvalue weighted by Gasteiger charge is -2.18. The van der Waals surface area contributed by atoms with Crippen molar-refractivity contribution in [3.8, 4) is 0 Å². The molecule has 110 valence electrons. The number of nitrogens with one attached hydrogen (secondary N) is 1. The predicted molar refractivity (Wildman–Crippen MR) is 79.3 cm³/mol. The third kappa shape index (κ3) is 3.19. The second kappa shape index (κ2) is 5.54. The van der Waals surface area contributed by atoms with Gasteiger partial charge in [-0.25, -0.2) is 13.1 Å². The van der Waals surface area contributed by atoms with E-state index in [-0.39, 0.29) is 24.1 Å². The number of hydrogen-bond acceptors (Lipinski definition) is 3. The molecule has 6 heteroatoms. The summed E-state index contributed by atoms with van der Waals surface area (Å²) in [5.74, 6) is -0.0153. The highest BCUT2D eigenvalue weighted by Gasteiger charge is 2.32. The van der Waals surface area contributed by atoms with Crippen LogP contribution in [0, 0.1) is 13.8 Å². The number of amides is 1. The largest absolute Gasteiger partial charge is 0.311 e. The quantitative estimate of drug-likeness (QED) is 0.912. The van der Waals surface area contributed by atoms with Gasteiger partial charge in [0.2, 0.25) is 15.9 Å². The van der Waals surface area contributed by atoms with E-state index in [1.54, 1.807) is 11.8 Å². The lowest BCUT2D eigenvalue weighted by Crippen LogP contribution is -2.37. The molecule has 1 N–H and O–H groups in total. The van der Waals surface area contributed by atoms with Crippen molar-refractivity contribution >= 4 is 21.6 Å². The first-order chi connectivity index (χ1) is 9.32. The molecule has 1 amide bonds. The molecule has 1 saturated heterocycles. The van der Waals surface area contributed by atoms with Gasteiger partial charge in [0.1, 0.15) is 0 Å². The summed E-state index contributed by atoms with van der Waals surface area (Å²) >= 11 is 0. The van der Waals surface area contributed by atoms with Crippen molar-refractivity contribution in [2.45, 2.75) is 33.2 Å². The monoisotopic (exact) mass is 296 g/mol. The maximum atomic E-state index is 12.0. The van der Waals surface area contributed by atoms with Crippen molar-refractivity contribution in [1.29, 1.82) is 0 Å². The molecule has 0 unspecified atom stereocenters. The van der Waals surface area contributed by atoms with Crippen molar-refractivity contribution in [2.24, 2.45) is 0 Å².